The Morgan fingerprint density at radius 3 is 1.85 bits per heavy atom. The Kier molecular flexibility index (Phi) is 11.7. The molecular weight excluding hydrogens is 689 g/mol. The second-order valence-corrected chi connectivity index (χ2v) is 14.5. The molecule has 4 aromatic rings. The van der Waals surface area contributed by atoms with Gasteiger partial charge < -0.3 is 24.6 Å². The molecule has 0 aliphatic carbocycles. The summed E-state index contributed by atoms with van der Waals surface area (Å²) < 4.78 is 55.9. The summed E-state index contributed by atoms with van der Waals surface area (Å²) in [5.74, 6) is -0.130. The SMILES string of the molecule is CC(C)COC(=O)N1Cc2cc(Oc3ccc(C(C)(C)C)cc3)ccc2C[C@H]1C(=O)N[C@@H](Cc1ccc(Oc2ccc(C(F)(F)F)cc2)cc1)C(=O)O. The molecule has 0 radical (unpaired) electrons. The van der Waals surface area contributed by atoms with Crippen LogP contribution < -0.4 is 14.8 Å². The number of hydrogen-bond donors (Lipinski definition) is 2. The number of fused-ring (bicyclic) bond motifs is 1. The van der Waals surface area contributed by atoms with Crippen LogP contribution in [0, 0.1) is 5.92 Å². The Bertz CT molecular complexity index is 1900. The fourth-order valence-electron chi connectivity index (χ4n) is 5.78. The molecule has 0 aromatic heterocycles. The third-order valence-corrected chi connectivity index (χ3v) is 8.74. The van der Waals surface area contributed by atoms with Crippen LogP contribution in [0.15, 0.2) is 91.0 Å². The van der Waals surface area contributed by atoms with Crippen molar-refractivity contribution in [2.45, 2.75) is 77.7 Å². The number of hydrogen-bond acceptors (Lipinski definition) is 6. The van der Waals surface area contributed by atoms with Crippen molar-refractivity contribution in [1.82, 2.24) is 10.2 Å². The smallest absolute Gasteiger partial charge is 0.416 e. The fourth-order valence-corrected chi connectivity index (χ4v) is 5.78. The molecule has 0 saturated carbocycles. The summed E-state index contributed by atoms with van der Waals surface area (Å²) in [6.07, 6.45) is -5.11. The van der Waals surface area contributed by atoms with Crippen molar-refractivity contribution >= 4 is 18.0 Å². The molecule has 2 N–H and O–H groups in total. The molecule has 1 aliphatic rings. The molecule has 2 atom stereocenters. The standard InChI is InChI=1S/C41H43F3N2O7/c1-25(2)24-51-39(50)46-23-28-21-34(53-33-16-9-29(10-17-33)40(3,4)5)15-8-27(28)22-36(46)37(47)45-35(38(48)49)20-26-6-13-31(14-7-26)52-32-18-11-30(12-19-32)41(42,43)44/h6-19,21,25,35-36H,20,22-24H2,1-5H3,(H,45,47)(H,48,49)/t35-,36-/m0/s1. The maximum Gasteiger partial charge on any atom is 0.416 e. The Hall–Kier alpha value is -5.52. The van der Waals surface area contributed by atoms with E-state index in [2.05, 4.69) is 26.1 Å². The van der Waals surface area contributed by atoms with E-state index in [1.165, 1.54) is 22.6 Å². The van der Waals surface area contributed by atoms with E-state index < -0.39 is 41.8 Å². The lowest BCUT2D eigenvalue weighted by Gasteiger charge is -2.36. The van der Waals surface area contributed by atoms with E-state index in [9.17, 15) is 32.7 Å². The molecule has 5 rings (SSSR count). The number of ether oxygens (including phenoxy) is 3. The third kappa shape index (κ3) is 10.3. The van der Waals surface area contributed by atoms with Crippen LogP contribution in [0.25, 0.3) is 0 Å². The minimum atomic E-state index is -4.47. The highest BCUT2D eigenvalue weighted by Crippen LogP contribution is 2.33. The highest BCUT2D eigenvalue weighted by Gasteiger charge is 2.38. The van der Waals surface area contributed by atoms with Crippen LogP contribution >= 0.6 is 0 Å². The van der Waals surface area contributed by atoms with Crippen LogP contribution in [0.1, 0.15) is 62.4 Å². The predicted octanol–water partition coefficient (Wildman–Crippen LogP) is 8.92. The lowest BCUT2D eigenvalue weighted by molar-refractivity contribution is -0.142. The van der Waals surface area contributed by atoms with Gasteiger partial charge in [-0.2, -0.15) is 13.2 Å². The summed E-state index contributed by atoms with van der Waals surface area (Å²) in [5, 5.41) is 12.7. The number of carboxylic acid groups (broad SMARTS) is 1. The predicted molar refractivity (Wildman–Crippen MR) is 192 cm³/mol. The van der Waals surface area contributed by atoms with Gasteiger partial charge in [0.2, 0.25) is 5.91 Å². The van der Waals surface area contributed by atoms with Crippen LogP contribution in [-0.2, 0) is 45.3 Å². The largest absolute Gasteiger partial charge is 0.480 e. The number of carbonyl (C=O) groups is 3. The molecule has 280 valence electrons. The van der Waals surface area contributed by atoms with Gasteiger partial charge in [-0.25, -0.2) is 9.59 Å². The van der Waals surface area contributed by atoms with E-state index in [0.717, 1.165) is 23.3 Å². The Labute approximate surface area is 306 Å². The van der Waals surface area contributed by atoms with Crippen molar-refractivity contribution in [1.29, 1.82) is 0 Å². The fraction of sp³-hybridized carbons (Fsp3) is 0.341. The first kappa shape index (κ1) is 38.7. The average Bonchev–Trinajstić information content (AvgIpc) is 3.10. The highest BCUT2D eigenvalue weighted by molar-refractivity contribution is 5.90. The van der Waals surface area contributed by atoms with Gasteiger partial charge in [0.1, 0.15) is 35.1 Å². The van der Waals surface area contributed by atoms with Crippen molar-refractivity contribution in [3.63, 3.8) is 0 Å². The van der Waals surface area contributed by atoms with Gasteiger partial charge in [-0.15, -0.1) is 0 Å². The van der Waals surface area contributed by atoms with Gasteiger partial charge in [0.15, 0.2) is 0 Å². The van der Waals surface area contributed by atoms with E-state index in [0.29, 0.717) is 22.8 Å². The van der Waals surface area contributed by atoms with Crippen LogP contribution in [0.4, 0.5) is 18.0 Å². The molecule has 4 aromatic carbocycles. The minimum Gasteiger partial charge on any atom is -0.480 e. The van der Waals surface area contributed by atoms with Crippen LogP contribution in [-0.4, -0.2) is 46.7 Å². The summed E-state index contributed by atoms with van der Waals surface area (Å²) >= 11 is 0. The number of nitrogens with one attached hydrogen (secondary N) is 1. The second kappa shape index (κ2) is 16.0. The van der Waals surface area contributed by atoms with Gasteiger partial charge in [-0.05, 0) is 94.3 Å². The zero-order valence-electron chi connectivity index (χ0n) is 30.2. The molecule has 1 heterocycles. The van der Waals surface area contributed by atoms with Crippen LogP contribution in [0.2, 0.25) is 0 Å². The molecule has 9 nitrogen and oxygen atoms in total. The van der Waals surface area contributed by atoms with Gasteiger partial charge in [0.25, 0.3) is 0 Å². The van der Waals surface area contributed by atoms with E-state index in [1.807, 2.05) is 50.2 Å². The number of halogens is 3. The first-order chi connectivity index (χ1) is 25.0. The number of amides is 2. The van der Waals surface area contributed by atoms with Crippen molar-refractivity contribution in [2.75, 3.05) is 6.61 Å². The first-order valence-electron chi connectivity index (χ1n) is 17.3. The van der Waals surface area contributed by atoms with E-state index in [1.54, 1.807) is 30.3 Å². The number of alkyl halides is 3. The van der Waals surface area contributed by atoms with Gasteiger partial charge in [-0.1, -0.05) is 65.0 Å². The summed E-state index contributed by atoms with van der Waals surface area (Å²) in [6.45, 7) is 10.4. The molecule has 2 amide bonds. The first-order valence-corrected chi connectivity index (χ1v) is 17.3. The van der Waals surface area contributed by atoms with Gasteiger partial charge in [0, 0.05) is 12.8 Å². The Morgan fingerprint density at radius 2 is 1.32 bits per heavy atom. The van der Waals surface area contributed by atoms with E-state index in [4.69, 9.17) is 14.2 Å². The quantitative estimate of drug-likeness (QED) is 0.158. The monoisotopic (exact) mass is 732 g/mol. The number of carbonyl (C=O) groups excluding carboxylic acids is 2. The molecule has 0 saturated heterocycles. The van der Waals surface area contributed by atoms with E-state index in [-0.39, 0.29) is 43.1 Å². The molecule has 0 unspecified atom stereocenters. The summed E-state index contributed by atoms with van der Waals surface area (Å²) in [6, 6.07) is 21.5. The number of aliphatic carboxylic acids is 1. The Balaban J connectivity index is 1.28. The zero-order chi connectivity index (χ0) is 38.5. The van der Waals surface area contributed by atoms with Crippen LogP contribution in [0.5, 0.6) is 23.0 Å². The lowest BCUT2D eigenvalue weighted by Crippen LogP contribution is -2.56. The van der Waals surface area contributed by atoms with Crippen molar-refractivity contribution in [3.8, 4) is 23.0 Å². The third-order valence-electron chi connectivity index (χ3n) is 8.74. The summed E-state index contributed by atoms with van der Waals surface area (Å²) in [5.41, 5.74) is 2.50. The maximum absolute atomic E-state index is 13.8. The summed E-state index contributed by atoms with van der Waals surface area (Å²) in [7, 11) is 0. The second-order valence-electron chi connectivity index (χ2n) is 14.5. The minimum absolute atomic E-state index is 0.00444. The maximum atomic E-state index is 13.8. The number of carboxylic acids is 1. The normalized spacial score (nSPS) is 15.0. The number of benzene rings is 4. The highest BCUT2D eigenvalue weighted by atomic mass is 19.4. The van der Waals surface area contributed by atoms with Crippen molar-refractivity contribution < 1.29 is 46.9 Å². The molecular formula is C41H43F3N2O7. The molecule has 12 heteroatoms. The van der Waals surface area contributed by atoms with Gasteiger partial charge in [0.05, 0.1) is 18.7 Å². The van der Waals surface area contributed by atoms with E-state index >= 15 is 0 Å². The molecule has 1 aliphatic heterocycles. The van der Waals surface area contributed by atoms with Crippen molar-refractivity contribution in [3.05, 3.63) is 119 Å². The van der Waals surface area contributed by atoms with Gasteiger partial charge >= 0.3 is 18.2 Å². The lowest BCUT2D eigenvalue weighted by atomic mass is 9.87. The zero-order valence-corrected chi connectivity index (χ0v) is 30.2. The Morgan fingerprint density at radius 1 is 0.792 bits per heavy atom. The molecule has 53 heavy (non-hydrogen) atoms. The molecule has 0 bridgehead atoms. The van der Waals surface area contributed by atoms with Crippen molar-refractivity contribution in [2.24, 2.45) is 5.92 Å². The molecule has 0 spiro atoms. The number of rotatable bonds is 11. The summed E-state index contributed by atoms with van der Waals surface area (Å²) in [4.78, 5) is 40.8. The average molecular weight is 733 g/mol. The van der Waals surface area contributed by atoms with Gasteiger partial charge in [-0.3, -0.25) is 9.69 Å². The molecule has 0 fully saturated rings. The topological polar surface area (TPSA) is 114 Å². The van der Waals surface area contributed by atoms with Crippen LogP contribution in [0.3, 0.4) is 0 Å². The number of nitrogens with zero attached hydrogens (tertiary/aromatic N) is 1.